The van der Waals surface area contributed by atoms with Gasteiger partial charge in [-0.2, -0.15) is 8.42 Å². The van der Waals surface area contributed by atoms with Crippen molar-refractivity contribution < 1.29 is 21.4 Å². The summed E-state index contributed by atoms with van der Waals surface area (Å²) in [6.45, 7) is -0.352. The van der Waals surface area contributed by atoms with Gasteiger partial charge in [0, 0.05) is 10.5 Å². The van der Waals surface area contributed by atoms with E-state index in [1.807, 2.05) is 0 Å². The van der Waals surface area contributed by atoms with Crippen LogP contribution in [0.2, 0.25) is 0 Å². The van der Waals surface area contributed by atoms with Crippen LogP contribution in [0.25, 0.3) is 0 Å². The number of benzene rings is 1. The molecule has 1 rings (SSSR count). The van der Waals surface area contributed by atoms with Crippen LogP contribution in [0.5, 0.6) is 5.75 Å². The van der Waals surface area contributed by atoms with Crippen molar-refractivity contribution in [3.63, 3.8) is 0 Å². The molecule has 7 heteroatoms. The Bertz CT molecular complexity index is 427. The van der Waals surface area contributed by atoms with Gasteiger partial charge < -0.3 is 4.74 Å². The van der Waals surface area contributed by atoms with Crippen molar-refractivity contribution in [2.45, 2.75) is 0 Å². The van der Waals surface area contributed by atoms with Crippen molar-refractivity contribution in [2.24, 2.45) is 0 Å². The molecule has 0 aliphatic heterocycles. The van der Waals surface area contributed by atoms with E-state index in [-0.39, 0.29) is 12.4 Å². The zero-order valence-corrected chi connectivity index (χ0v) is 9.82. The molecule has 0 aliphatic carbocycles. The van der Waals surface area contributed by atoms with Crippen LogP contribution in [0, 0.1) is 5.82 Å². The maximum absolute atomic E-state index is 12.8. The largest absolute Gasteiger partial charge is 0.492 e. The first kappa shape index (κ1) is 12.4. The molecule has 0 amide bonds. The first-order chi connectivity index (χ1) is 6.87. The first-order valence-corrected chi connectivity index (χ1v) is 6.22. The molecule has 3 nitrogen and oxygen atoms in total. The topological polar surface area (TPSA) is 43.4 Å². The normalized spacial score (nSPS) is 11.4. The molecule has 0 fully saturated rings. The summed E-state index contributed by atoms with van der Waals surface area (Å²) in [6.07, 6.45) is 0. The van der Waals surface area contributed by atoms with Gasteiger partial charge >= 0.3 is 10.2 Å². The molecule has 0 aliphatic rings. The molecule has 0 saturated heterocycles. The Morgan fingerprint density at radius 2 is 2.00 bits per heavy atom. The molecular formula is C8H7BrF2O3S. The average molecular weight is 301 g/mol. The van der Waals surface area contributed by atoms with E-state index >= 15 is 0 Å². The molecule has 0 heterocycles. The lowest BCUT2D eigenvalue weighted by molar-refractivity contribution is 0.337. The molecule has 0 unspecified atom stereocenters. The summed E-state index contributed by atoms with van der Waals surface area (Å²) in [5.74, 6) is -1.13. The standard InChI is InChI=1S/C8H7BrF2O3S/c9-6-3-7(10)5-8(4-6)14-1-2-15(11,12)13/h3-5H,1-2H2. The number of rotatable bonds is 4. The Kier molecular flexibility index (Phi) is 4.04. The van der Waals surface area contributed by atoms with E-state index in [1.54, 1.807) is 0 Å². The average Bonchev–Trinajstić information content (AvgIpc) is 1.99. The minimum Gasteiger partial charge on any atom is -0.492 e. The van der Waals surface area contributed by atoms with Crippen LogP contribution in [-0.4, -0.2) is 20.8 Å². The third-order valence-electron chi connectivity index (χ3n) is 1.43. The quantitative estimate of drug-likeness (QED) is 0.801. The first-order valence-electron chi connectivity index (χ1n) is 3.88. The molecule has 0 bridgehead atoms. The second-order valence-corrected chi connectivity index (χ2v) is 5.10. The van der Waals surface area contributed by atoms with E-state index < -0.39 is 21.8 Å². The molecule has 0 radical (unpaired) electrons. The third kappa shape index (κ3) is 5.08. The molecule has 84 valence electrons. The van der Waals surface area contributed by atoms with Gasteiger partial charge in [-0.25, -0.2) is 4.39 Å². The maximum atomic E-state index is 12.8. The lowest BCUT2D eigenvalue weighted by Crippen LogP contribution is -2.09. The van der Waals surface area contributed by atoms with Gasteiger partial charge in [-0.1, -0.05) is 15.9 Å². The fourth-order valence-corrected chi connectivity index (χ4v) is 1.60. The highest BCUT2D eigenvalue weighted by atomic mass is 79.9. The second-order valence-electron chi connectivity index (χ2n) is 2.70. The molecule has 15 heavy (non-hydrogen) atoms. The summed E-state index contributed by atoms with van der Waals surface area (Å²) in [5.41, 5.74) is 0. The number of hydrogen-bond acceptors (Lipinski definition) is 3. The predicted octanol–water partition coefficient (Wildman–Crippen LogP) is 2.27. The van der Waals surface area contributed by atoms with Crippen LogP contribution in [-0.2, 0) is 10.2 Å². The van der Waals surface area contributed by atoms with Gasteiger partial charge in [0.25, 0.3) is 0 Å². The van der Waals surface area contributed by atoms with E-state index in [2.05, 4.69) is 15.9 Å². The Morgan fingerprint density at radius 3 is 2.53 bits per heavy atom. The van der Waals surface area contributed by atoms with Gasteiger partial charge in [0.2, 0.25) is 0 Å². The molecule has 0 saturated carbocycles. The van der Waals surface area contributed by atoms with Gasteiger partial charge in [-0.15, -0.1) is 3.89 Å². The number of halogens is 3. The lowest BCUT2D eigenvalue weighted by atomic mass is 10.3. The summed E-state index contributed by atoms with van der Waals surface area (Å²) in [6, 6.07) is 3.75. The predicted molar refractivity (Wildman–Crippen MR) is 54.5 cm³/mol. The van der Waals surface area contributed by atoms with Gasteiger partial charge in [0.1, 0.15) is 23.9 Å². The van der Waals surface area contributed by atoms with Crippen LogP contribution in [0.4, 0.5) is 8.28 Å². The zero-order chi connectivity index (χ0) is 11.5. The van der Waals surface area contributed by atoms with Crippen LogP contribution in [0.3, 0.4) is 0 Å². The van der Waals surface area contributed by atoms with Gasteiger partial charge in [0.15, 0.2) is 0 Å². The highest BCUT2D eigenvalue weighted by Gasteiger charge is 2.07. The highest BCUT2D eigenvalue weighted by molar-refractivity contribution is 9.10. The minimum atomic E-state index is -4.54. The summed E-state index contributed by atoms with van der Waals surface area (Å²) in [4.78, 5) is 0. The summed E-state index contributed by atoms with van der Waals surface area (Å²) in [5, 5.41) is 0. The fourth-order valence-electron chi connectivity index (χ4n) is 0.871. The van der Waals surface area contributed by atoms with E-state index in [1.165, 1.54) is 12.1 Å². The van der Waals surface area contributed by atoms with Crippen LogP contribution >= 0.6 is 15.9 Å². The summed E-state index contributed by atoms with van der Waals surface area (Å²) < 4.78 is 50.4. The van der Waals surface area contributed by atoms with Crippen LogP contribution in [0.1, 0.15) is 0 Å². The third-order valence-corrected chi connectivity index (χ3v) is 2.54. The Balaban J connectivity index is 2.58. The van der Waals surface area contributed by atoms with Crippen molar-refractivity contribution in [1.29, 1.82) is 0 Å². The van der Waals surface area contributed by atoms with E-state index in [0.29, 0.717) is 4.47 Å². The lowest BCUT2D eigenvalue weighted by Gasteiger charge is -2.04. The van der Waals surface area contributed by atoms with Crippen molar-refractivity contribution in [2.75, 3.05) is 12.4 Å². The van der Waals surface area contributed by atoms with Gasteiger partial charge in [-0.05, 0) is 12.1 Å². The fraction of sp³-hybridized carbons (Fsp3) is 0.250. The maximum Gasteiger partial charge on any atom is 0.305 e. The van der Waals surface area contributed by atoms with Crippen molar-refractivity contribution in [3.05, 3.63) is 28.5 Å². The van der Waals surface area contributed by atoms with Crippen molar-refractivity contribution in [1.82, 2.24) is 0 Å². The Morgan fingerprint density at radius 1 is 1.33 bits per heavy atom. The number of hydrogen-bond donors (Lipinski definition) is 0. The van der Waals surface area contributed by atoms with Crippen LogP contribution < -0.4 is 4.74 Å². The highest BCUT2D eigenvalue weighted by Crippen LogP contribution is 2.20. The van der Waals surface area contributed by atoms with Crippen LogP contribution in [0.15, 0.2) is 22.7 Å². The van der Waals surface area contributed by atoms with E-state index in [4.69, 9.17) is 4.74 Å². The molecule has 0 spiro atoms. The monoisotopic (exact) mass is 300 g/mol. The molecule has 0 aromatic heterocycles. The SMILES string of the molecule is O=S(=O)(F)CCOc1cc(F)cc(Br)c1. The Hall–Kier alpha value is -0.690. The summed E-state index contributed by atoms with van der Waals surface area (Å²) in [7, 11) is -4.54. The summed E-state index contributed by atoms with van der Waals surface area (Å²) >= 11 is 3.03. The molecular weight excluding hydrogens is 294 g/mol. The minimum absolute atomic E-state index is 0.144. The Labute approximate surface area is 94.4 Å². The van der Waals surface area contributed by atoms with Crippen molar-refractivity contribution >= 4 is 26.2 Å². The van der Waals surface area contributed by atoms with Gasteiger partial charge in [0.05, 0.1) is 0 Å². The number of ether oxygens (including phenoxy) is 1. The van der Waals surface area contributed by atoms with Crippen molar-refractivity contribution in [3.8, 4) is 5.75 Å². The zero-order valence-electron chi connectivity index (χ0n) is 7.41. The molecule has 0 N–H and O–H groups in total. The smallest absolute Gasteiger partial charge is 0.305 e. The van der Waals surface area contributed by atoms with Gasteiger partial charge in [-0.3, -0.25) is 0 Å². The van der Waals surface area contributed by atoms with E-state index in [0.717, 1.165) is 6.07 Å². The second kappa shape index (κ2) is 4.89. The van der Waals surface area contributed by atoms with E-state index in [9.17, 15) is 16.7 Å². The molecule has 1 aromatic rings. The molecule has 1 aromatic carbocycles. The molecule has 0 atom stereocenters.